The van der Waals surface area contributed by atoms with Crippen molar-refractivity contribution in [3.63, 3.8) is 0 Å². The first-order chi connectivity index (χ1) is 8.43. The van der Waals surface area contributed by atoms with Gasteiger partial charge in [-0.25, -0.2) is 4.68 Å². The zero-order chi connectivity index (χ0) is 13.4. The minimum Gasteiger partial charge on any atom is -0.393 e. The summed E-state index contributed by atoms with van der Waals surface area (Å²) in [6, 6.07) is 8.04. The summed E-state index contributed by atoms with van der Waals surface area (Å²) in [6.45, 7) is 7.97. The van der Waals surface area contributed by atoms with Gasteiger partial charge < -0.3 is 5.73 Å². The van der Waals surface area contributed by atoms with E-state index >= 15 is 0 Å². The van der Waals surface area contributed by atoms with E-state index in [1.807, 2.05) is 56.6 Å². The van der Waals surface area contributed by atoms with Crippen LogP contribution in [0.1, 0.15) is 31.1 Å². The van der Waals surface area contributed by atoms with E-state index in [4.69, 9.17) is 5.73 Å². The molecule has 0 unspecified atom stereocenters. The molecular weight excluding hydrogens is 226 g/mol. The number of hydrogen-bond donors (Lipinski definition) is 1. The molecule has 0 aliphatic heterocycles. The van der Waals surface area contributed by atoms with Gasteiger partial charge in [0.1, 0.15) is 5.69 Å². The number of aryl methyl sites for hydroxylation is 1. The zero-order valence-corrected chi connectivity index (χ0v) is 11.3. The van der Waals surface area contributed by atoms with Crippen LogP contribution < -0.4 is 11.3 Å². The quantitative estimate of drug-likeness (QED) is 0.883. The van der Waals surface area contributed by atoms with Gasteiger partial charge in [0.15, 0.2) is 0 Å². The molecule has 0 atom stereocenters. The lowest BCUT2D eigenvalue weighted by atomic mass is 10.2. The summed E-state index contributed by atoms with van der Waals surface area (Å²) >= 11 is 0. The average Bonchev–Trinajstić information content (AvgIpc) is 2.53. The molecule has 18 heavy (non-hydrogen) atoms. The smallest absolute Gasteiger partial charge is 0.294 e. The van der Waals surface area contributed by atoms with Crippen molar-refractivity contribution >= 4 is 5.69 Å². The summed E-state index contributed by atoms with van der Waals surface area (Å²) in [4.78, 5) is 12.2. The van der Waals surface area contributed by atoms with E-state index in [9.17, 15) is 4.79 Å². The van der Waals surface area contributed by atoms with Crippen LogP contribution in [0.2, 0.25) is 0 Å². The van der Waals surface area contributed by atoms with Crippen molar-refractivity contribution in [2.45, 2.75) is 33.7 Å². The molecular formula is C14H19N3O. The van der Waals surface area contributed by atoms with Crippen LogP contribution in [-0.4, -0.2) is 9.36 Å². The fourth-order valence-electron chi connectivity index (χ4n) is 2.26. The van der Waals surface area contributed by atoms with Gasteiger partial charge in [0.05, 0.1) is 11.4 Å². The van der Waals surface area contributed by atoms with E-state index in [1.54, 1.807) is 4.68 Å². The highest BCUT2D eigenvalue weighted by Crippen LogP contribution is 2.18. The second kappa shape index (κ2) is 4.37. The van der Waals surface area contributed by atoms with Crippen molar-refractivity contribution < 1.29 is 0 Å². The Balaban J connectivity index is 2.79. The molecule has 96 valence electrons. The fraction of sp³-hybridized carbons (Fsp3) is 0.357. The van der Waals surface area contributed by atoms with Gasteiger partial charge in [-0.3, -0.25) is 9.48 Å². The second-order valence-electron chi connectivity index (χ2n) is 4.89. The Morgan fingerprint density at radius 2 is 1.89 bits per heavy atom. The number of nitrogen functional groups attached to an aromatic ring is 1. The molecule has 0 amide bonds. The van der Waals surface area contributed by atoms with Crippen molar-refractivity contribution in [2.24, 2.45) is 0 Å². The van der Waals surface area contributed by atoms with Gasteiger partial charge in [0, 0.05) is 6.04 Å². The van der Waals surface area contributed by atoms with Crippen LogP contribution in [0.5, 0.6) is 0 Å². The van der Waals surface area contributed by atoms with E-state index in [-0.39, 0.29) is 11.6 Å². The molecule has 1 aromatic heterocycles. The number of nitrogens with two attached hydrogens (primary N) is 1. The Hall–Kier alpha value is -1.97. The topological polar surface area (TPSA) is 52.9 Å². The summed E-state index contributed by atoms with van der Waals surface area (Å²) < 4.78 is 3.59. The molecule has 0 bridgehead atoms. The fourth-order valence-corrected chi connectivity index (χ4v) is 2.26. The molecule has 4 heteroatoms. The molecule has 2 N–H and O–H groups in total. The van der Waals surface area contributed by atoms with Crippen molar-refractivity contribution in [1.82, 2.24) is 9.36 Å². The average molecular weight is 245 g/mol. The maximum absolute atomic E-state index is 12.2. The van der Waals surface area contributed by atoms with Crippen LogP contribution in [0.15, 0.2) is 29.1 Å². The SMILES string of the molecule is Cc1cccc(-n2c(=O)c(N)c(C)n2C(C)C)c1. The molecule has 0 spiro atoms. The summed E-state index contributed by atoms with van der Waals surface area (Å²) in [6.07, 6.45) is 0. The third-order valence-corrected chi connectivity index (χ3v) is 3.11. The first-order valence-electron chi connectivity index (χ1n) is 6.10. The Morgan fingerprint density at radius 3 is 2.44 bits per heavy atom. The predicted molar refractivity (Wildman–Crippen MR) is 74.3 cm³/mol. The van der Waals surface area contributed by atoms with E-state index in [2.05, 4.69) is 0 Å². The number of aromatic nitrogens is 2. The number of hydrogen-bond acceptors (Lipinski definition) is 2. The van der Waals surface area contributed by atoms with Crippen LogP contribution in [-0.2, 0) is 0 Å². The molecule has 0 saturated carbocycles. The molecule has 2 rings (SSSR count). The molecule has 0 fully saturated rings. The minimum atomic E-state index is -0.146. The van der Waals surface area contributed by atoms with Crippen LogP contribution in [0.3, 0.4) is 0 Å². The summed E-state index contributed by atoms with van der Waals surface area (Å²) in [5, 5.41) is 0. The van der Waals surface area contributed by atoms with Crippen molar-refractivity contribution in [3.8, 4) is 5.69 Å². The highest BCUT2D eigenvalue weighted by Gasteiger charge is 2.17. The predicted octanol–water partition coefficient (Wildman–Crippen LogP) is 2.42. The molecule has 0 radical (unpaired) electrons. The summed E-state index contributed by atoms with van der Waals surface area (Å²) in [5.74, 6) is 0. The molecule has 1 aromatic carbocycles. The first-order valence-corrected chi connectivity index (χ1v) is 6.10. The molecule has 4 nitrogen and oxygen atoms in total. The maximum Gasteiger partial charge on any atom is 0.294 e. The third kappa shape index (κ3) is 1.83. The zero-order valence-electron chi connectivity index (χ0n) is 11.3. The lowest BCUT2D eigenvalue weighted by Gasteiger charge is -2.17. The molecule has 0 saturated heterocycles. The van der Waals surface area contributed by atoms with E-state index in [0.717, 1.165) is 16.9 Å². The maximum atomic E-state index is 12.2. The molecule has 0 aliphatic rings. The van der Waals surface area contributed by atoms with Gasteiger partial charge in [-0.15, -0.1) is 0 Å². The minimum absolute atomic E-state index is 0.146. The van der Waals surface area contributed by atoms with Gasteiger partial charge >= 0.3 is 0 Å². The first kappa shape index (κ1) is 12.5. The second-order valence-corrected chi connectivity index (χ2v) is 4.89. The van der Waals surface area contributed by atoms with Crippen molar-refractivity contribution in [1.29, 1.82) is 0 Å². The van der Waals surface area contributed by atoms with Crippen LogP contribution in [0.25, 0.3) is 5.69 Å². The van der Waals surface area contributed by atoms with Crippen LogP contribution in [0, 0.1) is 13.8 Å². The summed E-state index contributed by atoms with van der Waals surface area (Å²) in [7, 11) is 0. The molecule has 0 aliphatic carbocycles. The van der Waals surface area contributed by atoms with Crippen LogP contribution >= 0.6 is 0 Å². The number of anilines is 1. The Labute approximate surface area is 107 Å². The Bertz CT molecular complexity index is 635. The van der Waals surface area contributed by atoms with Crippen molar-refractivity contribution in [2.75, 3.05) is 5.73 Å². The Morgan fingerprint density at radius 1 is 1.22 bits per heavy atom. The highest BCUT2D eigenvalue weighted by molar-refractivity contribution is 5.45. The van der Waals surface area contributed by atoms with Gasteiger partial charge in [-0.2, -0.15) is 0 Å². The Kier molecular flexibility index (Phi) is 3.03. The number of rotatable bonds is 2. The standard InChI is InChI=1S/C14H19N3O/c1-9(2)16-11(4)13(15)14(18)17(16)12-7-5-6-10(3)8-12/h5-9H,15H2,1-4H3. The van der Waals surface area contributed by atoms with E-state index < -0.39 is 0 Å². The van der Waals surface area contributed by atoms with Gasteiger partial charge in [0.25, 0.3) is 5.56 Å². The molecule has 2 aromatic rings. The summed E-state index contributed by atoms with van der Waals surface area (Å²) in [5.41, 5.74) is 8.83. The lowest BCUT2D eigenvalue weighted by molar-refractivity contribution is 0.466. The van der Waals surface area contributed by atoms with Crippen molar-refractivity contribution in [3.05, 3.63) is 45.9 Å². The van der Waals surface area contributed by atoms with E-state index in [0.29, 0.717) is 5.69 Å². The largest absolute Gasteiger partial charge is 0.393 e. The number of benzene rings is 1. The number of nitrogens with zero attached hydrogens (tertiary/aromatic N) is 2. The third-order valence-electron chi connectivity index (χ3n) is 3.11. The van der Waals surface area contributed by atoms with E-state index in [1.165, 1.54) is 0 Å². The van der Waals surface area contributed by atoms with Gasteiger partial charge in [-0.1, -0.05) is 12.1 Å². The van der Waals surface area contributed by atoms with Crippen LogP contribution in [0.4, 0.5) is 5.69 Å². The van der Waals surface area contributed by atoms with Gasteiger partial charge in [-0.05, 0) is 45.4 Å². The molecule has 1 heterocycles. The lowest BCUT2D eigenvalue weighted by Crippen LogP contribution is -2.23. The van der Waals surface area contributed by atoms with Gasteiger partial charge in [0.2, 0.25) is 0 Å². The monoisotopic (exact) mass is 245 g/mol. The normalized spacial score (nSPS) is 11.2. The highest BCUT2D eigenvalue weighted by atomic mass is 16.1.